The van der Waals surface area contributed by atoms with Gasteiger partial charge in [-0.05, 0) is 60.7 Å². The van der Waals surface area contributed by atoms with Crippen molar-refractivity contribution in [1.29, 1.82) is 0 Å². The van der Waals surface area contributed by atoms with Gasteiger partial charge < -0.3 is 16.0 Å². The van der Waals surface area contributed by atoms with E-state index in [2.05, 4.69) is 32.1 Å². The van der Waals surface area contributed by atoms with Crippen molar-refractivity contribution in [3.05, 3.63) is 88.1 Å². The van der Waals surface area contributed by atoms with Gasteiger partial charge in [0, 0.05) is 29.6 Å². The molecular formula is C24H20FN5O. The predicted molar refractivity (Wildman–Crippen MR) is 118 cm³/mol. The van der Waals surface area contributed by atoms with Crippen molar-refractivity contribution >= 4 is 22.8 Å². The molecule has 1 amide bonds. The molecule has 4 aromatic rings. The zero-order valence-corrected chi connectivity index (χ0v) is 17.1. The smallest absolute Gasteiger partial charge is 0.255 e. The fraction of sp³-hybridized carbons (Fsp3) is 0.125. The maximum atomic E-state index is 13.7. The Kier molecular flexibility index (Phi) is 5.48. The normalized spacial score (nSPS) is 10.6. The van der Waals surface area contributed by atoms with Crippen LogP contribution in [0, 0.1) is 31.5 Å². The number of halogens is 1. The van der Waals surface area contributed by atoms with Crippen molar-refractivity contribution in [3.8, 4) is 11.8 Å². The fourth-order valence-electron chi connectivity index (χ4n) is 3.16. The molecule has 0 saturated carbocycles. The minimum absolute atomic E-state index is 0.146. The first-order valence-corrected chi connectivity index (χ1v) is 9.68. The number of aromatic nitrogens is 3. The topological polar surface area (TPSA) is 96.7 Å². The Morgan fingerprint density at radius 3 is 2.77 bits per heavy atom. The number of carbonyl (C=O) groups excluding carboxylic acids is 1. The monoisotopic (exact) mass is 413 g/mol. The Balaban J connectivity index is 1.58. The van der Waals surface area contributed by atoms with Crippen LogP contribution in [0.4, 0.5) is 10.1 Å². The number of aryl methyl sites for hydroxylation is 2. The van der Waals surface area contributed by atoms with Crippen LogP contribution in [0.5, 0.6) is 0 Å². The van der Waals surface area contributed by atoms with Crippen molar-refractivity contribution in [3.63, 3.8) is 0 Å². The third kappa shape index (κ3) is 4.29. The third-order valence-corrected chi connectivity index (χ3v) is 4.98. The summed E-state index contributed by atoms with van der Waals surface area (Å²) in [7, 11) is 0. The van der Waals surface area contributed by atoms with E-state index in [1.54, 1.807) is 12.1 Å². The first kappa shape index (κ1) is 20.3. The number of nitrogens with zero attached hydrogens (tertiary/aromatic N) is 2. The second-order valence-corrected chi connectivity index (χ2v) is 7.17. The molecule has 2 aromatic carbocycles. The van der Waals surface area contributed by atoms with Crippen LogP contribution < -0.4 is 11.1 Å². The number of rotatable bonds is 3. The molecular weight excluding hydrogens is 393 g/mol. The summed E-state index contributed by atoms with van der Waals surface area (Å²) in [6.45, 7) is 4.31. The molecule has 0 fully saturated rings. The van der Waals surface area contributed by atoms with E-state index < -0.39 is 5.82 Å². The van der Waals surface area contributed by atoms with Crippen LogP contribution in [0.15, 0.2) is 48.8 Å². The molecule has 4 N–H and O–H groups in total. The van der Waals surface area contributed by atoms with Gasteiger partial charge in [-0.3, -0.25) is 4.79 Å². The molecule has 0 aliphatic carbocycles. The Morgan fingerprint density at radius 1 is 1.16 bits per heavy atom. The standard InChI is InChI=1S/C24H20FN5O/c1-14-3-4-17(24(31)30-19-7-6-18(11-26)15(2)9-19)10-16(14)5-8-20-12-27-23-22(29-20)21(25)13-28-23/h3-4,6-7,9-10,12-13H,11,26H2,1-2H3,(H,27,28)(H,30,31). The van der Waals surface area contributed by atoms with Crippen molar-refractivity contribution in [1.82, 2.24) is 15.0 Å². The molecule has 7 heteroatoms. The lowest BCUT2D eigenvalue weighted by Crippen LogP contribution is -2.12. The number of amides is 1. The molecule has 0 aliphatic rings. The molecule has 154 valence electrons. The quantitative estimate of drug-likeness (QED) is 0.445. The lowest BCUT2D eigenvalue weighted by atomic mass is 10.0. The SMILES string of the molecule is Cc1ccc(C(=O)Nc2ccc(CN)c(C)c2)cc1C#Cc1cnc2[nH]cc(F)c2n1. The number of anilines is 1. The van der Waals surface area contributed by atoms with E-state index in [4.69, 9.17) is 5.73 Å². The molecule has 2 heterocycles. The van der Waals surface area contributed by atoms with Gasteiger partial charge in [0.2, 0.25) is 0 Å². The zero-order valence-electron chi connectivity index (χ0n) is 17.1. The lowest BCUT2D eigenvalue weighted by molar-refractivity contribution is 0.102. The highest BCUT2D eigenvalue weighted by molar-refractivity contribution is 6.04. The number of H-pyrrole nitrogens is 1. The Bertz CT molecular complexity index is 1360. The van der Waals surface area contributed by atoms with Gasteiger partial charge in [-0.1, -0.05) is 18.1 Å². The number of carbonyl (C=O) groups is 1. The maximum absolute atomic E-state index is 13.7. The molecule has 0 bridgehead atoms. The minimum atomic E-state index is -0.476. The number of hydrogen-bond donors (Lipinski definition) is 3. The van der Waals surface area contributed by atoms with Gasteiger partial charge in [0.1, 0.15) is 11.2 Å². The van der Waals surface area contributed by atoms with Crippen LogP contribution in [0.25, 0.3) is 11.2 Å². The highest BCUT2D eigenvalue weighted by Crippen LogP contribution is 2.17. The number of nitrogens with one attached hydrogen (secondary N) is 2. The molecule has 0 radical (unpaired) electrons. The second kappa shape index (κ2) is 8.38. The van der Waals surface area contributed by atoms with E-state index in [-0.39, 0.29) is 11.4 Å². The summed E-state index contributed by atoms with van der Waals surface area (Å²) in [6, 6.07) is 10.9. The van der Waals surface area contributed by atoms with Crippen molar-refractivity contribution in [2.75, 3.05) is 5.32 Å². The van der Waals surface area contributed by atoms with Gasteiger partial charge >= 0.3 is 0 Å². The summed E-state index contributed by atoms with van der Waals surface area (Å²) >= 11 is 0. The molecule has 0 saturated heterocycles. The van der Waals surface area contributed by atoms with Gasteiger partial charge in [0.15, 0.2) is 11.5 Å². The lowest BCUT2D eigenvalue weighted by Gasteiger charge is -2.09. The van der Waals surface area contributed by atoms with Gasteiger partial charge in [0.05, 0.1) is 6.20 Å². The van der Waals surface area contributed by atoms with E-state index in [9.17, 15) is 9.18 Å². The zero-order chi connectivity index (χ0) is 22.0. The molecule has 0 unspecified atom stereocenters. The molecule has 6 nitrogen and oxygen atoms in total. The van der Waals surface area contributed by atoms with Crippen LogP contribution in [0.1, 0.15) is 38.3 Å². The third-order valence-electron chi connectivity index (χ3n) is 4.98. The van der Waals surface area contributed by atoms with E-state index in [0.717, 1.165) is 16.7 Å². The van der Waals surface area contributed by atoms with Crippen LogP contribution in [-0.4, -0.2) is 20.9 Å². The summed E-state index contributed by atoms with van der Waals surface area (Å²) in [5, 5.41) is 2.90. The summed E-state index contributed by atoms with van der Waals surface area (Å²) in [4.78, 5) is 23.7. The van der Waals surface area contributed by atoms with E-state index in [0.29, 0.717) is 34.7 Å². The summed E-state index contributed by atoms with van der Waals surface area (Å²) in [5.74, 6) is 5.20. The van der Waals surface area contributed by atoms with Crippen LogP contribution in [0.3, 0.4) is 0 Å². The first-order chi connectivity index (χ1) is 14.9. The van der Waals surface area contributed by atoms with Gasteiger partial charge in [-0.25, -0.2) is 14.4 Å². The number of hydrogen-bond acceptors (Lipinski definition) is 4. The van der Waals surface area contributed by atoms with Gasteiger partial charge in [-0.2, -0.15) is 0 Å². The average Bonchev–Trinajstić information content (AvgIpc) is 3.13. The van der Waals surface area contributed by atoms with Crippen LogP contribution in [0.2, 0.25) is 0 Å². The Morgan fingerprint density at radius 2 is 2.00 bits per heavy atom. The molecule has 0 spiro atoms. The molecule has 31 heavy (non-hydrogen) atoms. The van der Waals surface area contributed by atoms with Crippen molar-refractivity contribution < 1.29 is 9.18 Å². The van der Waals surface area contributed by atoms with Crippen molar-refractivity contribution in [2.24, 2.45) is 5.73 Å². The minimum Gasteiger partial charge on any atom is -0.342 e. The molecule has 0 aliphatic heterocycles. The largest absolute Gasteiger partial charge is 0.342 e. The Labute approximate surface area is 178 Å². The number of aromatic amines is 1. The highest BCUT2D eigenvalue weighted by Gasteiger charge is 2.09. The van der Waals surface area contributed by atoms with Gasteiger partial charge in [-0.15, -0.1) is 0 Å². The van der Waals surface area contributed by atoms with Crippen LogP contribution >= 0.6 is 0 Å². The Hall–Kier alpha value is -4.02. The number of fused-ring (bicyclic) bond motifs is 1. The maximum Gasteiger partial charge on any atom is 0.255 e. The second-order valence-electron chi connectivity index (χ2n) is 7.17. The first-order valence-electron chi connectivity index (χ1n) is 9.68. The van der Waals surface area contributed by atoms with Crippen molar-refractivity contribution in [2.45, 2.75) is 20.4 Å². The summed E-state index contributed by atoms with van der Waals surface area (Å²) < 4.78 is 13.7. The predicted octanol–water partition coefficient (Wildman–Crippen LogP) is 3.82. The van der Waals surface area contributed by atoms with E-state index in [1.807, 2.05) is 38.1 Å². The molecule has 2 aromatic heterocycles. The summed E-state index contributed by atoms with van der Waals surface area (Å²) in [5.41, 5.74) is 11.4. The molecule has 4 rings (SSSR count). The molecule has 0 atom stereocenters. The van der Waals surface area contributed by atoms with E-state index >= 15 is 0 Å². The van der Waals surface area contributed by atoms with E-state index in [1.165, 1.54) is 12.4 Å². The highest BCUT2D eigenvalue weighted by atomic mass is 19.1. The number of nitrogens with two attached hydrogens (primary N) is 1. The average molecular weight is 413 g/mol. The summed E-state index contributed by atoms with van der Waals surface area (Å²) in [6.07, 6.45) is 2.68. The number of benzene rings is 2. The van der Waals surface area contributed by atoms with Crippen LogP contribution in [-0.2, 0) is 6.54 Å². The fourth-order valence-corrected chi connectivity index (χ4v) is 3.16. The van der Waals surface area contributed by atoms with Gasteiger partial charge in [0.25, 0.3) is 5.91 Å².